The number of anilines is 2. The van der Waals surface area contributed by atoms with Crippen molar-refractivity contribution in [2.45, 2.75) is 25.4 Å². The van der Waals surface area contributed by atoms with E-state index in [1.165, 1.54) is 0 Å². The number of nitrogens with one attached hydrogen (secondary N) is 1. The van der Waals surface area contributed by atoms with Gasteiger partial charge in [0.2, 0.25) is 5.60 Å². The van der Waals surface area contributed by atoms with Gasteiger partial charge in [-0.15, -0.1) is 0 Å². The van der Waals surface area contributed by atoms with E-state index in [4.69, 9.17) is 14.2 Å². The number of amides is 2. The highest BCUT2D eigenvalue weighted by Crippen LogP contribution is 2.26. The monoisotopic (exact) mass is 616 g/mol. The number of benzene rings is 5. The van der Waals surface area contributed by atoms with Crippen molar-refractivity contribution in [3.8, 4) is 23.0 Å². The number of carbonyl (C=O) groups excluding carboxylic acids is 1. The summed E-state index contributed by atoms with van der Waals surface area (Å²) in [5.41, 5.74) is 0.754. The molecular weight excluding hydrogens is 580 g/mol. The zero-order chi connectivity index (χ0) is 32.2. The fourth-order valence-electron chi connectivity index (χ4n) is 4.82. The van der Waals surface area contributed by atoms with Crippen molar-refractivity contribution in [3.63, 3.8) is 0 Å². The predicted molar refractivity (Wildman–Crippen MR) is 179 cm³/mol. The Morgan fingerprint density at radius 3 is 1.98 bits per heavy atom. The number of carboxylic acids is 1. The van der Waals surface area contributed by atoms with Crippen LogP contribution in [0.3, 0.4) is 0 Å². The van der Waals surface area contributed by atoms with E-state index < -0.39 is 11.6 Å². The topological polar surface area (TPSA) is 97.3 Å². The van der Waals surface area contributed by atoms with Gasteiger partial charge in [-0.05, 0) is 79.6 Å². The second kappa shape index (κ2) is 15.3. The van der Waals surface area contributed by atoms with Crippen LogP contribution in [-0.2, 0) is 11.2 Å². The Bertz CT molecular complexity index is 1700. The molecule has 8 nitrogen and oxygen atoms in total. The zero-order valence-corrected chi connectivity index (χ0v) is 25.5. The Balaban J connectivity index is 1.16. The molecule has 0 fully saturated rings. The second-order valence-electron chi connectivity index (χ2n) is 10.8. The molecule has 2 amide bonds. The van der Waals surface area contributed by atoms with Gasteiger partial charge in [-0.3, -0.25) is 4.90 Å². The van der Waals surface area contributed by atoms with Crippen LogP contribution in [0.2, 0.25) is 0 Å². The van der Waals surface area contributed by atoms with Crippen LogP contribution in [0.1, 0.15) is 18.9 Å². The molecule has 0 aromatic heterocycles. The first-order valence-electron chi connectivity index (χ1n) is 15.0. The first-order valence-corrected chi connectivity index (χ1v) is 15.0. The number of para-hydroxylation sites is 3. The van der Waals surface area contributed by atoms with E-state index in [1.807, 2.05) is 109 Å². The minimum absolute atomic E-state index is 0.180. The highest BCUT2D eigenvalue weighted by atomic mass is 16.5. The molecule has 0 heterocycles. The lowest BCUT2D eigenvalue weighted by atomic mass is 9.96. The van der Waals surface area contributed by atoms with Crippen LogP contribution in [-0.4, -0.2) is 35.9 Å². The predicted octanol–water partition coefficient (Wildman–Crippen LogP) is 8.45. The molecule has 0 spiro atoms. The fourth-order valence-corrected chi connectivity index (χ4v) is 4.82. The lowest BCUT2D eigenvalue weighted by Crippen LogP contribution is -2.43. The van der Waals surface area contributed by atoms with Gasteiger partial charge >= 0.3 is 12.0 Å². The summed E-state index contributed by atoms with van der Waals surface area (Å²) >= 11 is 0. The molecule has 46 heavy (non-hydrogen) atoms. The standard InChI is InChI=1S/C38H36N2O6/c1-38(36(41)42,46-34-18-9-4-10-19-34)28-29-21-23-32(24-22-29)44-26-12-25-40(31-14-5-2-6-15-31)37(43)39-30-13-11-20-35(27-30)45-33-16-7-3-8-17-33/h2-11,13-24,27H,12,25-26,28H2,1H3,(H,39,43)(H,41,42). The highest BCUT2D eigenvalue weighted by Gasteiger charge is 2.36. The molecule has 8 heteroatoms. The van der Waals surface area contributed by atoms with Crippen molar-refractivity contribution in [1.82, 2.24) is 0 Å². The van der Waals surface area contributed by atoms with E-state index in [0.717, 1.165) is 11.3 Å². The molecule has 0 aliphatic rings. The number of carboxylic acid groups (broad SMARTS) is 1. The van der Waals surface area contributed by atoms with Gasteiger partial charge in [0.05, 0.1) is 6.61 Å². The van der Waals surface area contributed by atoms with Crippen molar-refractivity contribution >= 4 is 23.4 Å². The minimum atomic E-state index is -1.43. The molecule has 0 aliphatic carbocycles. The third-order valence-corrected chi connectivity index (χ3v) is 7.18. The number of ether oxygens (including phenoxy) is 3. The smallest absolute Gasteiger partial charge is 0.348 e. The molecule has 2 N–H and O–H groups in total. The molecule has 5 aromatic carbocycles. The largest absolute Gasteiger partial charge is 0.494 e. The van der Waals surface area contributed by atoms with E-state index in [0.29, 0.717) is 48.3 Å². The summed E-state index contributed by atoms with van der Waals surface area (Å²) in [5, 5.41) is 12.9. The summed E-state index contributed by atoms with van der Waals surface area (Å²) < 4.78 is 17.7. The number of urea groups is 1. The van der Waals surface area contributed by atoms with E-state index in [9.17, 15) is 14.7 Å². The Morgan fingerprint density at radius 1 is 0.717 bits per heavy atom. The lowest BCUT2D eigenvalue weighted by Gasteiger charge is -2.26. The zero-order valence-electron chi connectivity index (χ0n) is 25.5. The number of rotatable bonds is 14. The average molecular weight is 617 g/mol. The van der Waals surface area contributed by atoms with Crippen LogP contribution in [0.5, 0.6) is 23.0 Å². The minimum Gasteiger partial charge on any atom is -0.494 e. The molecule has 0 saturated heterocycles. The van der Waals surface area contributed by atoms with E-state index in [2.05, 4.69) is 5.32 Å². The maximum atomic E-state index is 13.4. The van der Waals surface area contributed by atoms with Crippen molar-refractivity contribution in [1.29, 1.82) is 0 Å². The van der Waals surface area contributed by atoms with Gasteiger partial charge in [-0.1, -0.05) is 72.8 Å². The SMILES string of the molecule is CC(Cc1ccc(OCCCN(C(=O)Nc2cccc(Oc3ccccc3)c2)c2ccccc2)cc1)(Oc1ccccc1)C(=O)O. The Kier molecular flexibility index (Phi) is 10.5. The first-order chi connectivity index (χ1) is 22.4. The maximum absolute atomic E-state index is 13.4. The molecule has 0 aliphatic heterocycles. The van der Waals surface area contributed by atoms with Gasteiger partial charge in [0, 0.05) is 30.4 Å². The summed E-state index contributed by atoms with van der Waals surface area (Å²) in [7, 11) is 0. The van der Waals surface area contributed by atoms with Crippen LogP contribution < -0.4 is 24.4 Å². The molecule has 0 radical (unpaired) electrons. The molecule has 234 valence electrons. The second-order valence-corrected chi connectivity index (χ2v) is 10.8. The van der Waals surface area contributed by atoms with Gasteiger partial charge in [-0.2, -0.15) is 0 Å². The van der Waals surface area contributed by atoms with Crippen LogP contribution in [0.4, 0.5) is 16.2 Å². The van der Waals surface area contributed by atoms with Crippen LogP contribution in [0.15, 0.2) is 140 Å². The molecular formula is C38H36N2O6. The third-order valence-electron chi connectivity index (χ3n) is 7.18. The maximum Gasteiger partial charge on any atom is 0.348 e. The fraction of sp³-hybridized carbons (Fsp3) is 0.158. The van der Waals surface area contributed by atoms with E-state index in [-0.39, 0.29) is 12.5 Å². The van der Waals surface area contributed by atoms with Crippen molar-refractivity contribution in [2.24, 2.45) is 0 Å². The van der Waals surface area contributed by atoms with Crippen molar-refractivity contribution in [3.05, 3.63) is 145 Å². The molecule has 0 saturated carbocycles. The quantitative estimate of drug-likeness (QED) is 0.122. The van der Waals surface area contributed by atoms with E-state index in [1.54, 1.807) is 42.2 Å². The van der Waals surface area contributed by atoms with Crippen LogP contribution in [0, 0.1) is 0 Å². The van der Waals surface area contributed by atoms with Gasteiger partial charge in [0.15, 0.2) is 0 Å². The number of carbonyl (C=O) groups is 2. The summed E-state index contributed by atoms with van der Waals surface area (Å²) in [6, 6.07) is 42.2. The molecule has 1 atom stereocenters. The van der Waals surface area contributed by atoms with Crippen LogP contribution in [0.25, 0.3) is 0 Å². The number of aliphatic carboxylic acids is 1. The van der Waals surface area contributed by atoms with Gasteiger partial charge < -0.3 is 24.6 Å². The van der Waals surface area contributed by atoms with E-state index >= 15 is 0 Å². The van der Waals surface area contributed by atoms with Gasteiger partial charge in [-0.25, -0.2) is 9.59 Å². The number of hydrogen-bond donors (Lipinski definition) is 2. The Hall–Kier alpha value is -5.76. The van der Waals surface area contributed by atoms with Crippen molar-refractivity contribution < 1.29 is 28.9 Å². The Morgan fingerprint density at radius 2 is 1.33 bits per heavy atom. The molecule has 0 bridgehead atoms. The van der Waals surface area contributed by atoms with Gasteiger partial charge in [0.25, 0.3) is 0 Å². The summed E-state index contributed by atoms with van der Waals surface area (Å²) in [5.74, 6) is 1.43. The molecule has 5 aromatic rings. The summed E-state index contributed by atoms with van der Waals surface area (Å²) in [6.07, 6.45) is 0.753. The third kappa shape index (κ3) is 8.89. The molecule has 1 unspecified atom stereocenters. The first kappa shape index (κ1) is 31.7. The normalized spacial score (nSPS) is 11.9. The summed E-state index contributed by atoms with van der Waals surface area (Å²) in [6.45, 7) is 2.36. The lowest BCUT2D eigenvalue weighted by molar-refractivity contribution is -0.153. The van der Waals surface area contributed by atoms with Crippen LogP contribution >= 0.6 is 0 Å². The van der Waals surface area contributed by atoms with Gasteiger partial charge in [0.1, 0.15) is 23.0 Å². The summed E-state index contributed by atoms with van der Waals surface area (Å²) in [4.78, 5) is 27.2. The number of nitrogens with zero attached hydrogens (tertiary/aromatic N) is 1. The molecule has 5 rings (SSSR count). The highest BCUT2D eigenvalue weighted by molar-refractivity contribution is 6.01. The van der Waals surface area contributed by atoms with Crippen molar-refractivity contribution in [2.75, 3.05) is 23.4 Å². The average Bonchev–Trinajstić information content (AvgIpc) is 3.07. The number of hydrogen-bond acceptors (Lipinski definition) is 5. The Labute approximate surface area is 268 Å².